The molecule has 2 aromatic carbocycles. The van der Waals surface area contributed by atoms with Gasteiger partial charge in [0.05, 0.1) is 5.69 Å². The second kappa shape index (κ2) is 7.23. The zero-order valence-electron chi connectivity index (χ0n) is 13.0. The smallest absolute Gasteiger partial charge is 0.274 e. The van der Waals surface area contributed by atoms with Gasteiger partial charge in [0.2, 0.25) is 5.95 Å². The zero-order valence-corrected chi connectivity index (χ0v) is 14.5. The summed E-state index contributed by atoms with van der Waals surface area (Å²) >= 11 is 3.45. The minimum absolute atomic E-state index is 0.281. The van der Waals surface area contributed by atoms with Crippen LogP contribution in [-0.4, -0.2) is 15.9 Å². The Hall–Kier alpha value is -2.73. The Bertz CT molecular complexity index is 865. The number of carbonyl (C=O) groups is 1. The molecule has 0 aliphatic heterocycles. The Morgan fingerprint density at radius 1 is 1.04 bits per heavy atom. The summed E-state index contributed by atoms with van der Waals surface area (Å²) in [4.78, 5) is 20.8. The van der Waals surface area contributed by atoms with Gasteiger partial charge in [-0.3, -0.25) is 4.79 Å². The molecule has 0 unspecified atom stereocenters. The second-order valence-corrected chi connectivity index (χ2v) is 6.04. The summed E-state index contributed by atoms with van der Waals surface area (Å²) in [6.45, 7) is 2.00. The van der Waals surface area contributed by atoms with Crippen LogP contribution < -0.4 is 10.6 Å². The highest BCUT2D eigenvalue weighted by Crippen LogP contribution is 2.23. The highest BCUT2D eigenvalue weighted by molar-refractivity contribution is 9.10. The first kappa shape index (κ1) is 16.1. The highest BCUT2D eigenvalue weighted by Gasteiger charge is 2.10. The van der Waals surface area contributed by atoms with Crippen molar-refractivity contribution in [2.24, 2.45) is 0 Å². The first-order chi connectivity index (χ1) is 11.6. The van der Waals surface area contributed by atoms with Gasteiger partial charge in [-0.25, -0.2) is 9.97 Å². The summed E-state index contributed by atoms with van der Waals surface area (Å²) in [5, 5.41) is 5.91. The third-order valence-corrected chi connectivity index (χ3v) is 4.01. The van der Waals surface area contributed by atoms with Crippen LogP contribution in [0.15, 0.2) is 65.3 Å². The molecule has 1 amide bonds. The molecule has 0 aliphatic rings. The molecule has 0 aliphatic carbocycles. The predicted octanol–water partition coefficient (Wildman–Crippen LogP) is 4.54. The molecule has 1 heterocycles. The summed E-state index contributed by atoms with van der Waals surface area (Å²) in [5.74, 6) is 0.0786. The van der Waals surface area contributed by atoms with Crippen LogP contribution in [0.5, 0.6) is 0 Å². The summed E-state index contributed by atoms with van der Waals surface area (Å²) in [6.07, 6.45) is 1.55. The molecule has 24 heavy (non-hydrogen) atoms. The molecule has 120 valence electrons. The van der Waals surface area contributed by atoms with Crippen LogP contribution in [0.1, 0.15) is 16.1 Å². The quantitative estimate of drug-likeness (QED) is 0.694. The van der Waals surface area contributed by atoms with E-state index in [2.05, 4.69) is 36.5 Å². The van der Waals surface area contributed by atoms with Crippen molar-refractivity contribution >= 4 is 39.2 Å². The maximum atomic E-state index is 12.3. The fourth-order valence-electron chi connectivity index (χ4n) is 2.06. The van der Waals surface area contributed by atoms with E-state index in [9.17, 15) is 4.79 Å². The van der Waals surface area contributed by atoms with Crippen LogP contribution in [0.3, 0.4) is 0 Å². The second-order valence-electron chi connectivity index (χ2n) is 5.19. The number of nitrogens with zero attached hydrogens (tertiary/aromatic N) is 2. The Balaban J connectivity index is 1.76. The summed E-state index contributed by atoms with van der Waals surface area (Å²) < 4.78 is 0.892. The number of aryl methyl sites for hydroxylation is 1. The van der Waals surface area contributed by atoms with Crippen LogP contribution in [0, 0.1) is 6.92 Å². The van der Waals surface area contributed by atoms with Crippen molar-refractivity contribution in [1.29, 1.82) is 0 Å². The van der Waals surface area contributed by atoms with Crippen molar-refractivity contribution in [3.05, 3.63) is 76.5 Å². The van der Waals surface area contributed by atoms with Crippen molar-refractivity contribution in [2.75, 3.05) is 10.6 Å². The van der Waals surface area contributed by atoms with E-state index in [1.54, 1.807) is 12.3 Å². The molecule has 3 rings (SSSR count). The van der Waals surface area contributed by atoms with Crippen molar-refractivity contribution < 1.29 is 4.79 Å². The number of nitrogens with one attached hydrogen (secondary N) is 2. The molecule has 1 aromatic heterocycles. The predicted molar refractivity (Wildman–Crippen MR) is 98.6 cm³/mol. The van der Waals surface area contributed by atoms with Crippen LogP contribution in [0.25, 0.3) is 0 Å². The molecule has 0 fully saturated rings. The monoisotopic (exact) mass is 382 g/mol. The fourth-order valence-corrected chi connectivity index (χ4v) is 2.44. The molecule has 6 heteroatoms. The fraction of sp³-hybridized carbons (Fsp3) is 0.0556. The van der Waals surface area contributed by atoms with E-state index < -0.39 is 0 Å². The van der Waals surface area contributed by atoms with Gasteiger partial charge < -0.3 is 10.6 Å². The number of anilines is 3. The molecule has 0 saturated carbocycles. The average Bonchev–Trinajstić information content (AvgIpc) is 2.59. The van der Waals surface area contributed by atoms with E-state index in [0.29, 0.717) is 11.6 Å². The van der Waals surface area contributed by atoms with Gasteiger partial charge in [-0.05, 0) is 53.2 Å². The molecular formula is C18H15BrN4O. The lowest BCUT2D eigenvalue weighted by Gasteiger charge is -2.08. The summed E-state index contributed by atoms with van der Waals surface area (Å²) in [7, 11) is 0. The molecule has 3 aromatic rings. The number of carbonyl (C=O) groups excluding carboxylic acids is 1. The maximum Gasteiger partial charge on any atom is 0.274 e. The summed E-state index contributed by atoms with van der Waals surface area (Å²) in [6, 6.07) is 16.8. The lowest BCUT2D eigenvalue weighted by atomic mass is 10.2. The number of hydrogen-bond donors (Lipinski definition) is 2. The van der Waals surface area contributed by atoms with Crippen LogP contribution in [0.4, 0.5) is 17.3 Å². The Kier molecular flexibility index (Phi) is 4.86. The average molecular weight is 383 g/mol. The van der Waals surface area contributed by atoms with E-state index in [1.807, 2.05) is 55.5 Å². The summed E-state index contributed by atoms with van der Waals surface area (Å²) in [5.41, 5.74) is 2.98. The first-order valence-electron chi connectivity index (χ1n) is 7.34. The maximum absolute atomic E-state index is 12.3. The molecule has 0 atom stereocenters. The van der Waals surface area contributed by atoms with Crippen LogP contribution in [-0.2, 0) is 0 Å². The number of amides is 1. The Morgan fingerprint density at radius 2 is 1.79 bits per heavy atom. The van der Waals surface area contributed by atoms with E-state index in [-0.39, 0.29) is 5.91 Å². The van der Waals surface area contributed by atoms with Gasteiger partial charge in [-0.1, -0.05) is 29.8 Å². The van der Waals surface area contributed by atoms with Crippen LogP contribution in [0.2, 0.25) is 0 Å². The minimum atomic E-state index is -0.281. The van der Waals surface area contributed by atoms with Gasteiger partial charge in [0, 0.05) is 16.4 Å². The Labute approximate surface area is 148 Å². The van der Waals surface area contributed by atoms with Gasteiger partial charge in [0.25, 0.3) is 5.91 Å². The van der Waals surface area contributed by atoms with Crippen molar-refractivity contribution in [2.45, 2.75) is 6.92 Å². The van der Waals surface area contributed by atoms with E-state index >= 15 is 0 Å². The topological polar surface area (TPSA) is 66.9 Å². The molecule has 2 N–H and O–H groups in total. The van der Waals surface area contributed by atoms with Gasteiger partial charge in [0.15, 0.2) is 0 Å². The van der Waals surface area contributed by atoms with Gasteiger partial charge in [0.1, 0.15) is 5.69 Å². The van der Waals surface area contributed by atoms with Crippen LogP contribution >= 0.6 is 15.9 Å². The third-order valence-electron chi connectivity index (χ3n) is 3.32. The third kappa shape index (κ3) is 3.97. The zero-order chi connectivity index (χ0) is 16.9. The standard InChI is InChI=1S/C18H15BrN4O/c1-12-6-8-13(9-7-12)21-17(24)16-10-11-20-18(23-16)22-15-5-3-2-4-14(15)19/h2-11H,1H3,(H,21,24)(H,20,22,23). The Morgan fingerprint density at radius 3 is 2.54 bits per heavy atom. The number of hydrogen-bond acceptors (Lipinski definition) is 4. The van der Waals surface area contributed by atoms with Gasteiger partial charge in [-0.2, -0.15) is 0 Å². The molecule has 0 bridgehead atoms. The number of rotatable bonds is 4. The van der Waals surface area contributed by atoms with Crippen molar-refractivity contribution in [1.82, 2.24) is 9.97 Å². The van der Waals surface area contributed by atoms with Gasteiger partial charge >= 0.3 is 0 Å². The molecule has 0 radical (unpaired) electrons. The molecule has 0 saturated heterocycles. The highest BCUT2D eigenvalue weighted by atomic mass is 79.9. The normalized spacial score (nSPS) is 10.2. The number of benzene rings is 2. The van der Waals surface area contributed by atoms with Crippen molar-refractivity contribution in [3.8, 4) is 0 Å². The lowest BCUT2D eigenvalue weighted by molar-refractivity contribution is 0.102. The van der Waals surface area contributed by atoms with Gasteiger partial charge in [-0.15, -0.1) is 0 Å². The largest absolute Gasteiger partial charge is 0.323 e. The molecule has 0 spiro atoms. The van der Waals surface area contributed by atoms with Crippen molar-refractivity contribution in [3.63, 3.8) is 0 Å². The first-order valence-corrected chi connectivity index (χ1v) is 8.14. The van der Waals surface area contributed by atoms with E-state index in [4.69, 9.17) is 0 Å². The minimum Gasteiger partial charge on any atom is -0.323 e. The number of halogens is 1. The van der Waals surface area contributed by atoms with E-state index in [1.165, 1.54) is 0 Å². The molecular weight excluding hydrogens is 368 g/mol. The number of aromatic nitrogens is 2. The van der Waals surface area contributed by atoms with E-state index in [0.717, 1.165) is 21.4 Å². The number of para-hydroxylation sites is 1. The lowest BCUT2D eigenvalue weighted by Crippen LogP contribution is -2.14. The molecule has 5 nitrogen and oxygen atoms in total. The SMILES string of the molecule is Cc1ccc(NC(=O)c2ccnc(Nc3ccccc3Br)n2)cc1.